The Morgan fingerprint density at radius 2 is 2.10 bits per heavy atom. The summed E-state index contributed by atoms with van der Waals surface area (Å²) in [5.74, 6) is -0.983. The van der Waals surface area contributed by atoms with Crippen molar-refractivity contribution in [3.05, 3.63) is 63.4 Å². The number of esters is 1. The SMILES string of the molecule is Cc1cccc(C(=O)OCc2cc(Br)ccc2F)c1N. The zero-order chi connectivity index (χ0) is 14.7. The molecule has 2 aromatic rings. The van der Waals surface area contributed by atoms with Gasteiger partial charge in [0.2, 0.25) is 0 Å². The number of carbonyl (C=O) groups is 1. The Kier molecular flexibility index (Phi) is 4.39. The average molecular weight is 338 g/mol. The fourth-order valence-corrected chi connectivity index (χ4v) is 2.14. The van der Waals surface area contributed by atoms with E-state index in [1.54, 1.807) is 37.3 Å². The van der Waals surface area contributed by atoms with Crippen LogP contribution in [0, 0.1) is 12.7 Å². The van der Waals surface area contributed by atoms with Gasteiger partial charge in [-0.1, -0.05) is 28.1 Å². The number of anilines is 1. The van der Waals surface area contributed by atoms with E-state index in [4.69, 9.17) is 10.5 Å². The van der Waals surface area contributed by atoms with Crippen molar-refractivity contribution in [3.63, 3.8) is 0 Å². The van der Waals surface area contributed by atoms with Gasteiger partial charge in [0.05, 0.1) is 5.56 Å². The van der Waals surface area contributed by atoms with Gasteiger partial charge in [-0.15, -0.1) is 0 Å². The molecule has 0 bridgehead atoms. The molecule has 5 heteroatoms. The van der Waals surface area contributed by atoms with Crippen molar-refractivity contribution in [2.45, 2.75) is 13.5 Å². The van der Waals surface area contributed by atoms with Gasteiger partial charge in [-0.25, -0.2) is 9.18 Å². The molecule has 0 radical (unpaired) electrons. The van der Waals surface area contributed by atoms with Crippen LogP contribution in [0.3, 0.4) is 0 Å². The lowest BCUT2D eigenvalue weighted by molar-refractivity contribution is 0.0470. The van der Waals surface area contributed by atoms with Gasteiger partial charge in [0, 0.05) is 15.7 Å². The molecule has 2 aromatic carbocycles. The minimum atomic E-state index is -0.564. The number of halogens is 2. The van der Waals surface area contributed by atoms with Crippen LogP contribution in [0.2, 0.25) is 0 Å². The fourth-order valence-electron chi connectivity index (χ4n) is 1.73. The Balaban J connectivity index is 2.13. The Labute approximate surface area is 124 Å². The largest absolute Gasteiger partial charge is 0.457 e. The fraction of sp³-hybridized carbons (Fsp3) is 0.133. The molecule has 0 fully saturated rings. The summed E-state index contributed by atoms with van der Waals surface area (Å²) >= 11 is 3.24. The molecule has 2 N–H and O–H groups in total. The summed E-state index contributed by atoms with van der Waals surface area (Å²) in [7, 11) is 0. The van der Waals surface area contributed by atoms with E-state index in [-0.39, 0.29) is 6.61 Å². The maximum absolute atomic E-state index is 13.5. The number of ether oxygens (including phenoxy) is 1. The van der Waals surface area contributed by atoms with Crippen LogP contribution in [0.4, 0.5) is 10.1 Å². The van der Waals surface area contributed by atoms with Crippen LogP contribution >= 0.6 is 15.9 Å². The predicted molar refractivity (Wildman–Crippen MR) is 78.8 cm³/mol. The summed E-state index contributed by atoms with van der Waals surface area (Å²) in [6.45, 7) is 1.66. The molecule has 0 aliphatic heterocycles. The lowest BCUT2D eigenvalue weighted by Crippen LogP contribution is -2.09. The second-order valence-corrected chi connectivity index (χ2v) is 5.26. The van der Waals surface area contributed by atoms with Crippen molar-refractivity contribution in [1.29, 1.82) is 0 Å². The van der Waals surface area contributed by atoms with Gasteiger partial charge in [0.15, 0.2) is 0 Å². The van der Waals surface area contributed by atoms with Gasteiger partial charge in [0.25, 0.3) is 0 Å². The molecular weight excluding hydrogens is 325 g/mol. The van der Waals surface area contributed by atoms with Crippen LogP contribution in [0.1, 0.15) is 21.5 Å². The first-order valence-electron chi connectivity index (χ1n) is 5.95. The summed E-state index contributed by atoms with van der Waals surface area (Å²) in [5, 5.41) is 0. The van der Waals surface area contributed by atoms with Gasteiger partial charge in [-0.2, -0.15) is 0 Å². The highest BCUT2D eigenvalue weighted by Gasteiger charge is 2.13. The smallest absolute Gasteiger partial charge is 0.340 e. The number of nitrogen functional groups attached to an aromatic ring is 1. The summed E-state index contributed by atoms with van der Waals surface area (Å²) < 4.78 is 19.4. The summed E-state index contributed by atoms with van der Waals surface area (Å²) in [6.07, 6.45) is 0. The van der Waals surface area contributed by atoms with Crippen molar-refractivity contribution in [2.24, 2.45) is 0 Å². The van der Waals surface area contributed by atoms with E-state index in [0.29, 0.717) is 16.8 Å². The van der Waals surface area contributed by atoms with Crippen molar-refractivity contribution >= 4 is 27.6 Å². The molecule has 0 heterocycles. The topological polar surface area (TPSA) is 52.3 Å². The van der Waals surface area contributed by atoms with E-state index >= 15 is 0 Å². The molecule has 20 heavy (non-hydrogen) atoms. The molecule has 0 spiro atoms. The van der Waals surface area contributed by atoms with Crippen molar-refractivity contribution < 1.29 is 13.9 Å². The van der Waals surface area contributed by atoms with Gasteiger partial charge in [-0.05, 0) is 36.8 Å². The molecule has 2 rings (SSSR count). The number of rotatable bonds is 3. The Hall–Kier alpha value is -1.88. The number of hydrogen-bond acceptors (Lipinski definition) is 3. The molecule has 3 nitrogen and oxygen atoms in total. The average Bonchev–Trinajstić information content (AvgIpc) is 2.42. The molecule has 0 aliphatic carbocycles. The number of nitrogens with two attached hydrogens (primary N) is 1. The second-order valence-electron chi connectivity index (χ2n) is 4.35. The molecule has 104 valence electrons. The second kappa shape index (κ2) is 6.05. The standard InChI is InChI=1S/C15H13BrFNO2/c1-9-3-2-4-12(14(9)18)15(19)20-8-10-7-11(16)5-6-13(10)17/h2-7H,8,18H2,1H3. The number of benzene rings is 2. The Bertz CT molecular complexity index is 658. The van der Waals surface area contributed by atoms with E-state index in [1.165, 1.54) is 6.07 Å². The minimum absolute atomic E-state index is 0.141. The quantitative estimate of drug-likeness (QED) is 0.683. The highest BCUT2D eigenvalue weighted by molar-refractivity contribution is 9.10. The van der Waals surface area contributed by atoms with Crippen molar-refractivity contribution in [2.75, 3.05) is 5.73 Å². The van der Waals surface area contributed by atoms with Crippen LogP contribution < -0.4 is 5.73 Å². The highest BCUT2D eigenvalue weighted by Crippen LogP contribution is 2.20. The van der Waals surface area contributed by atoms with Crippen LogP contribution in [-0.2, 0) is 11.3 Å². The van der Waals surface area contributed by atoms with E-state index < -0.39 is 11.8 Å². The summed E-state index contributed by atoms with van der Waals surface area (Å²) in [5.41, 5.74) is 7.60. The van der Waals surface area contributed by atoms with Crippen molar-refractivity contribution in [1.82, 2.24) is 0 Å². The molecule has 0 amide bonds. The zero-order valence-corrected chi connectivity index (χ0v) is 12.4. The van der Waals surface area contributed by atoms with Crippen molar-refractivity contribution in [3.8, 4) is 0 Å². The van der Waals surface area contributed by atoms with Gasteiger partial charge < -0.3 is 10.5 Å². The number of aryl methyl sites for hydroxylation is 1. The van der Waals surface area contributed by atoms with Crippen LogP contribution in [0.5, 0.6) is 0 Å². The van der Waals surface area contributed by atoms with E-state index in [1.807, 2.05) is 0 Å². The number of para-hydroxylation sites is 1. The number of carbonyl (C=O) groups excluding carboxylic acids is 1. The van der Waals surface area contributed by atoms with Gasteiger partial charge >= 0.3 is 5.97 Å². The third-order valence-electron chi connectivity index (χ3n) is 2.91. The third kappa shape index (κ3) is 3.17. The predicted octanol–water partition coefficient (Wildman–Crippen LogP) is 3.84. The van der Waals surface area contributed by atoms with Crippen LogP contribution in [0.25, 0.3) is 0 Å². The lowest BCUT2D eigenvalue weighted by atomic mass is 10.1. The lowest BCUT2D eigenvalue weighted by Gasteiger charge is -2.09. The van der Waals surface area contributed by atoms with E-state index in [0.717, 1.165) is 10.0 Å². The summed E-state index contributed by atoms with van der Waals surface area (Å²) in [6, 6.07) is 9.58. The Morgan fingerprint density at radius 3 is 2.85 bits per heavy atom. The van der Waals surface area contributed by atoms with Gasteiger partial charge in [-0.3, -0.25) is 0 Å². The minimum Gasteiger partial charge on any atom is -0.457 e. The molecular formula is C15H13BrFNO2. The zero-order valence-electron chi connectivity index (χ0n) is 10.8. The highest BCUT2D eigenvalue weighted by atomic mass is 79.9. The first-order valence-corrected chi connectivity index (χ1v) is 6.74. The van der Waals surface area contributed by atoms with E-state index in [9.17, 15) is 9.18 Å². The maximum atomic E-state index is 13.5. The molecule has 0 aromatic heterocycles. The monoisotopic (exact) mass is 337 g/mol. The molecule has 0 saturated heterocycles. The van der Waals surface area contributed by atoms with Gasteiger partial charge in [0.1, 0.15) is 12.4 Å². The molecule has 0 unspecified atom stereocenters. The van der Waals surface area contributed by atoms with E-state index in [2.05, 4.69) is 15.9 Å². The van der Waals surface area contributed by atoms with Crippen LogP contribution in [0.15, 0.2) is 40.9 Å². The summed E-state index contributed by atoms with van der Waals surface area (Å²) in [4.78, 5) is 12.0. The van der Waals surface area contributed by atoms with Crippen LogP contribution in [-0.4, -0.2) is 5.97 Å². The maximum Gasteiger partial charge on any atom is 0.340 e. The normalized spacial score (nSPS) is 10.3. The first kappa shape index (κ1) is 14.5. The number of hydrogen-bond donors (Lipinski definition) is 1. The molecule has 0 saturated carbocycles. The third-order valence-corrected chi connectivity index (χ3v) is 3.40. The Morgan fingerprint density at radius 1 is 1.35 bits per heavy atom. The molecule has 0 atom stereocenters. The molecule has 0 aliphatic rings. The first-order chi connectivity index (χ1) is 9.49.